The highest BCUT2D eigenvalue weighted by atomic mass is 32.2. The molecule has 0 aliphatic heterocycles. The van der Waals surface area contributed by atoms with Crippen molar-refractivity contribution in [1.29, 1.82) is 0 Å². The molecule has 1 N–H and O–H groups in total. The summed E-state index contributed by atoms with van der Waals surface area (Å²) in [5.41, 5.74) is 1.12. The summed E-state index contributed by atoms with van der Waals surface area (Å²) in [4.78, 5) is 0.976. The molecule has 1 rings (SSSR count). The molecule has 0 aromatic heterocycles. The summed E-state index contributed by atoms with van der Waals surface area (Å²) in [6.07, 6.45) is 1.11. The Balaban J connectivity index is 2.75. The minimum absolute atomic E-state index is 0.334. The Bertz CT molecular complexity index is 392. The van der Waals surface area contributed by atoms with Crippen LogP contribution in [0.5, 0.6) is 0 Å². The van der Waals surface area contributed by atoms with Crippen LogP contribution in [0, 0.1) is 12.8 Å². The standard InChI is InChI=1S/C15H25NOS/c1-5-12(3)14(16-6-2)11-18(17)15-10-8-7-9-13(15)4/h7-10,12,14,16H,5-6,11H2,1-4H3. The van der Waals surface area contributed by atoms with Gasteiger partial charge in [-0.2, -0.15) is 0 Å². The first kappa shape index (κ1) is 15.4. The molecule has 18 heavy (non-hydrogen) atoms. The number of benzene rings is 1. The normalized spacial score (nSPS) is 16.2. The highest BCUT2D eigenvalue weighted by Gasteiger charge is 2.19. The van der Waals surface area contributed by atoms with E-state index in [1.807, 2.05) is 31.2 Å². The van der Waals surface area contributed by atoms with Gasteiger partial charge in [0.05, 0.1) is 10.8 Å². The van der Waals surface area contributed by atoms with Gasteiger partial charge in [0.2, 0.25) is 0 Å². The molecule has 3 atom stereocenters. The third-order valence-electron chi connectivity index (χ3n) is 3.47. The topological polar surface area (TPSA) is 29.1 Å². The fraction of sp³-hybridized carbons (Fsp3) is 0.600. The van der Waals surface area contributed by atoms with E-state index in [4.69, 9.17) is 0 Å². The third kappa shape index (κ3) is 4.21. The van der Waals surface area contributed by atoms with E-state index in [2.05, 4.69) is 26.1 Å². The lowest BCUT2D eigenvalue weighted by Crippen LogP contribution is -2.39. The highest BCUT2D eigenvalue weighted by molar-refractivity contribution is 7.85. The minimum atomic E-state index is -0.911. The first-order valence-corrected chi connectivity index (χ1v) is 8.09. The van der Waals surface area contributed by atoms with Gasteiger partial charge in [0.1, 0.15) is 0 Å². The van der Waals surface area contributed by atoms with Crippen molar-refractivity contribution in [3.05, 3.63) is 29.8 Å². The number of hydrogen-bond donors (Lipinski definition) is 1. The SMILES string of the molecule is CCNC(CS(=O)c1ccccc1C)C(C)CC. The van der Waals surface area contributed by atoms with Crippen molar-refractivity contribution in [1.82, 2.24) is 5.32 Å². The van der Waals surface area contributed by atoms with Crippen LogP contribution in [0.4, 0.5) is 0 Å². The predicted molar refractivity (Wildman–Crippen MR) is 79.4 cm³/mol. The smallest absolute Gasteiger partial charge is 0.0548 e. The van der Waals surface area contributed by atoms with Crippen molar-refractivity contribution >= 4 is 10.8 Å². The van der Waals surface area contributed by atoms with Crippen LogP contribution >= 0.6 is 0 Å². The van der Waals surface area contributed by atoms with Crippen molar-refractivity contribution in [3.8, 4) is 0 Å². The molecule has 0 fully saturated rings. The number of hydrogen-bond acceptors (Lipinski definition) is 2. The molecule has 0 saturated carbocycles. The molecule has 0 bridgehead atoms. The fourth-order valence-corrected chi connectivity index (χ4v) is 3.65. The molecule has 1 aromatic rings. The van der Waals surface area contributed by atoms with Crippen molar-refractivity contribution in [2.75, 3.05) is 12.3 Å². The molecule has 0 aliphatic carbocycles. The van der Waals surface area contributed by atoms with E-state index in [0.717, 1.165) is 23.4 Å². The van der Waals surface area contributed by atoms with E-state index in [1.165, 1.54) is 0 Å². The van der Waals surface area contributed by atoms with Gasteiger partial charge in [-0.05, 0) is 31.0 Å². The molecule has 0 heterocycles. The van der Waals surface area contributed by atoms with E-state index >= 15 is 0 Å². The van der Waals surface area contributed by atoms with Crippen LogP contribution in [0.3, 0.4) is 0 Å². The Morgan fingerprint density at radius 2 is 1.94 bits per heavy atom. The summed E-state index contributed by atoms with van der Waals surface area (Å²) in [7, 11) is -0.911. The summed E-state index contributed by atoms with van der Waals surface area (Å²) in [5, 5.41) is 3.46. The lowest BCUT2D eigenvalue weighted by molar-refractivity contribution is 0.401. The zero-order valence-electron chi connectivity index (χ0n) is 11.9. The molecule has 0 aliphatic rings. The van der Waals surface area contributed by atoms with Gasteiger partial charge in [-0.1, -0.05) is 45.4 Å². The molecule has 0 saturated heterocycles. The van der Waals surface area contributed by atoms with E-state index in [0.29, 0.717) is 17.7 Å². The van der Waals surface area contributed by atoms with E-state index in [1.54, 1.807) is 0 Å². The Labute approximate surface area is 114 Å². The third-order valence-corrected chi connectivity index (χ3v) is 5.08. The van der Waals surface area contributed by atoms with Gasteiger partial charge in [-0.15, -0.1) is 0 Å². The summed E-state index contributed by atoms with van der Waals surface area (Å²) in [6.45, 7) is 9.47. The summed E-state index contributed by atoms with van der Waals surface area (Å²) < 4.78 is 12.4. The van der Waals surface area contributed by atoms with Crippen LogP contribution in [-0.4, -0.2) is 22.5 Å². The molecule has 0 spiro atoms. The molecule has 1 aromatic carbocycles. The van der Waals surface area contributed by atoms with Gasteiger partial charge in [0, 0.05) is 16.7 Å². The molecular weight excluding hydrogens is 242 g/mol. The van der Waals surface area contributed by atoms with E-state index < -0.39 is 10.8 Å². The van der Waals surface area contributed by atoms with Crippen LogP contribution in [0.1, 0.15) is 32.8 Å². The van der Waals surface area contributed by atoms with Crippen molar-refractivity contribution in [3.63, 3.8) is 0 Å². The van der Waals surface area contributed by atoms with Crippen LogP contribution < -0.4 is 5.32 Å². The zero-order valence-corrected chi connectivity index (χ0v) is 12.7. The van der Waals surface area contributed by atoms with Crippen LogP contribution in [0.2, 0.25) is 0 Å². The van der Waals surface area contributed by atoms with Gasteiger partial charge in [0.25, 0.3) is 0 Å². The zero-order chi connectivity index (χ0) is 13.5. The largest absolute Gasteiger partial charge is 0.313 e. The second kappa shape index (κ2) is 7.70. The molecule has 3 heteroatoms. The average Bonchev–Trinajstić information content (AvgIpc) is 2.37. The van der Waals surface area contributed by atoms with Crippen molar-refractivity contribution < 1.29 is 4.21 Å². The lowest BCUT2D eigenvalue weighted by atomic mass is 10.0. The Kier molecular flexibility index (Phi) is 6.58. The van der Waals surface area contributed by atoms with Crippen LogP contribution in [0.15, 0.2) is 29.2 Å². The number of aryl methyl sites for hydroxylation is 1. The first-order valence-electron chi connectivity index (χ1n) is 6.77. The van der Waals surface area contributed by atoms with Crippen LogP contribution in [-0.2, 0) is 10.8 Å². The summed E-state index contributed by atoms with van der Waals surface area (Å²) in [5.74, 6) is 1.26. The molecule has 0 amide bonds. The maximum atomic E-state index is 12.4. The lowest BCUT2D eigenvalue weighted by Gasteiger charge is -2.23. The fourth-order valence-electron chi connectivity index (χ4n) is 2.04. The highest BCUT2D eigenvalue weighted by Crippen LogP contribution is 2.16. The quantitative estimate of drug-likeness (QED) is 0.822. The van der Waals surface area contributed by atoms with Gasteiger partial charge in [0.15, 0.2) is 0 Å². The van der Waals surface area contributed by atoms with E-state index in [9.17, 15) is 4.21 Å². The summed E-state index contributed by atoms with van der Waals surface area (Å²) >= 11 is 0. The summed E-state index contributed by atoms with van der Waals surface area (Å²) in [6, 6.07) is 8.29. The second-order valence-corrected chi connectivity index (χ2v) is 6.29. The van der Waals surface area contributed by atoms with E-state index in [-0.39, 0.29) is 0 Å². The average molecular weight is 267 g/mol. The monoisotopic (exact) mass is 267 g/mol. The molecule has 0 radical (unpaired) electrons. The Morgan fingerprint density at radius 1 is 1.28 bits per heavy atom. The predicted octanol–water partition coefficient (Wildman–Crippen LogP) is 3.13. The molecule has 3 unspecified atom stereocenters. The van der Waals surface area contributed by atoms with Gasteiger partial charge in [-0.3, -0.25) is 4.21 Å². The first-order chi connectivity index (χ1) is 8.60. The van der Waals surface area contributed by atoms with Gasteiger partial charge < -0.3 is 5.32 Å². The number of nitrogens with one attached hydrogen (secondary N) is 1. The number of rotatable bonds is 7. The molecule has 102 valence electrons. The Morgan fingerprint density at radius 3 is 2.50 bits per heavy atom. The van der Waals surface area contributed by atoms with Crippen molar-refractivity contribution in [2.24, 2.45) is 5.92 Å². The minimum Gasteiger partial charge on any atom is -0.313 e. The van der Waals surface area contributed by atoms with Gasteiger partial charge in [-0.25, -0.2) is 0 Å². The Hall–Kier alpha value is -0.670. The molecule has 2 nitrogen and oxygen atoms in total. The van der Waals surface area contributed by atoms with Gasteiger partial charge >= 0.3 is 0 Å². The van der Waals surface area contributed by atoms with Crippen molar-refractivity contribution in [2.45, 2.75) is 45.1 Å². The molecular formula is C15H25NOS. The maximum Gasteiger partial charge on any atom is 0.0548 e. The van der Waals surface area contributed by atoms with Crippen LogP contribution in [0.25, 0.3) is 0 Å². The maximum absolute atomic E-state index is 12.4. The second-order valence-electron chi connectivity index (χ2n) is 4.83.